The Labute approximate surface area is 139 Å². The third kappa shape index (κ3) is 3.20. The van der Waals surface area contributed by atoms with Gasteiger partial charge in [0.2, 0.25) is 0 Å². The number of carbonyl (C=O) groups is 1. The van der Waals surface area contributed by atoms with Gasteiger partial charge >= 0.3 is 0 Å². The van der Waals surface area contributed by atoms with Crippen molar-refractivity contribution in [2.24, 2.45) is 5.73 Å². The Kier molecular flexibility index (Phi) is 4.58. The van der Waals surface area contributed by atoms with Crippen molar-refractivity contribution in [3.8, 4) is 0 Å². The monoisotopic (exact) mass is 331 g/mol. The average molecular weight is 331 g/mol. The molecule has 0 spiro atoms. The first-order valence-electron chi connectivity index (χ1n) is 7.65. The topological polar surface area (TPSA) is 87.0 Å². The minimum absolute atomic E-state index is 0.0288. The van der Waals surface area contributed by atoms with Gasteiger partial charge in [0.1, 0.15) is 5.65 Å². The molecule has 1 atom stereocenters. The molecule has 0 aromatic carbocycles. The summed E-state index contributed by atoms with van der Waals surface area (Å²) in [7, 11) is 0. The van der Waals surface area contributed by atoms with Gasteiger partial charge < -0.3 is 20.9 Å². The minimum atomic E-state index is -0.0614. The Hall–Kier alpha value is -1.99. The average Bonchev–Trinajstić information content (AvgIpc) is 2.96. The second-order valence-corrected chi connectivity index (χ2v) is 6.81. The number of carbonyl (C=O) groups excluding carboxylic acids is 1. The van der Waals surface area contributed by atoms with E-state index in [1.54, 1.807) is 18.0 Å². The standard InChI is InChI=1S/C16H21N5OS/c1-10-8-19-15-14(10)12(3-4-18-15)21-5-6-23-13(9-21)16(22)20-11(2)7-17/h3-4,8-9,11H,5-7,17H2,1-2H3,(H,18,19)(H,20,22)/t11-/m0/s1. The normalized spacial score (nSPS) is 16.3. The van der Waals surface area contributed by atoms with Crippen LogP contribution in [0.3, 0.4) is 0 Å². The van der Waals surface area contributed by atoms with E-state index in [1.165, 1.54) is 0 Å². The first kappa shape index (κ1) is 15.9. The van der Waals surface area contributed by atoms with Crippen LogP contribution in [0.1, 0.15) is 12.5 Å². The molecule has 1 amide bonds. The van der Waals surface area contributed by atoms with E-state index in [2.05, 4.69) is 27.1 Å². The van der Waals surface area contributed by atoms with Crippen LogP contribution in [0.15, 0.2) is 29.6 Å². The van der Waals surface area contributed by atoms with Gasteiger partial charge in [0.25, 0.3) is 5.91 Å². The van der Waals surface area contributed by atoms with Crippen molar-refractivity contribution in [3.63, 3.8) is 0 Å². The van der Waals surface area contributed by atoms with Crippen LogP contribution < -0.4 is 16.0 Å². The maximum absolute atomic E-state index is 12.3. The van der Waals surface area contributed by atoms with Gasteiger partial charge in [-0.05, 0) is 25.5 Å². The van der Waals surface area contributed by atoms with Crippen LogP contribution in [0.4, 0.5) is 5.69 Å². The summed E-state index contributed by atoms with van der Waals surface area (Å²) in [6.07, 6.45) is 5.67. The maximum Gasteiger partial charge on any atom is 0.259 e. The van der Waals surface area contributed by atoms with Crippen LogP contribution in [-0.2, 0) is 4.79 Å². The summed E-state index contributed by atoms with van der Waals surface area (Å²) in [6.45, 7) is 5.25. The van der Waals surface area contributed by atoms with Gasteiger partial charge in [-0.15, -0.1) is 11.8 Å². The van der Waals surface area contributed by atoms with Gasteiger partial charge in [0.15, 0.2) is 0 Å². The molecule has 7 heteroatoms. The second-order valence-electron chi connectivity index (χ2n) is 5.67. The summed E-state index contributed by atoms with van der Waals surface area (Å²) >= 11 is 1.58. The van der Waals surface area contributed by atoms with E-state index in [1.807, 2.05) is 25.4 Å². The number of aromatic nitrogens is 2. The predicted molar refractivity (Wildman–Crippen MR) is 95.4 cm³/mol. The fourth-order valence-corrected chi connectivity index (χ4v) is 3.50. The van der Waals surface area contributed by atoms with E-state index in [-0.39, 0.29) is 11.9 Å². The highest BCUT2D eigenvalue weighted by molar-refractivity contribution is 8.04. The molecule has 3 rings (SSSR count). The molecular weight excluding hydrogens is 310 g/mol. The van der Waals surface area contributed by atoms with Crippen molar-refractivity contribution in [2.75, 3.05) is 23.7 Å². The third-order valence-electron chi connectivity index (χ3n) is 3.88. The molecule has 3 heterocycles. The minimum Gasteiger partial charge on any atom is -0.348 e. The molecule has 122 valence electrons. The fraction of sp³-hybridized carbons (Fsp3) is 0.375. The molecule has 0 fully saturated rings. The lowest BCUT2D eigenvalue weighted by molar-refractivity contribution is -0.117. The van der Waals surface area contributed by atoms with E-state index in [0.29, 0.717) is 6.54 Å². The number of pyridine rings is 1. The SMILES string of the molecule is Cc1c[nH]c2nccc(N3C=C(C(=O)N[C@@H](C)CN)SCC3)c12. The second kappa shape index (κ2) is 6.64. The van der Waals surface area contributed by atoms with E-state index < -0.39 is 0 Å². The smallest absolute Gasteiger partial charge is 0.259 e. The number of anilines is 1. The summed E-state index contributed by atoms with van der Waals surface area (Å²) in [6, 6.07) is 1.96. The number of H-pyrrole nitrogens is 1. The molecular formula is C16H21N5OS. The molecule has 1 aliphatic heterocycles. The number of thioether (sulfide) groups is 1. The lowest BCUT2D eigenvalue weighted by atomic mass is 10.2. The number of fused-ring (bicyclic) bond motifs is 1. The summed E-state index contributed by atoms with van der Waals surface area (Å²) in [5, 5.41) is 4.02. The molecule has 23 heavy (non-hydrogen) atoms. The number of rotatable bonds is 4. The largest absolute Gasteiger partial charge is 0.348 e. The van der Waals surface area contributed by atoms with Gasteiger partial charge in [0, 0.05) is 48.9 Å². The number of nitrogens with one attached hydrogen (secondary N) is 2. The lowest BCUT2D eigenvalue weighted by Gasteiger charge is -2.27. The van der Waals surface area contributed by atoms with Crippen molar-refractivity contribution in [3.05, 3.63) is 35.1 Å². The number of hydrogen-bond acceptors (Lipinski definition) is 5. The molecule has 0 aliphatic carbocycles. The number of aromatic amines is 1. The van der Waals surface area contributed by atoms with Crippen molar-refractivity contribution in [1.82, 2.24) is 15.3 Å². The number of nitrogens with zero attached hydrogens (tertiary/aromatic N) is 2. The third-order valence-corrected chi connectivity index (χ3v) is 4.86. The van der Waals surface area contributed by atoms with Crippen LogP contribution in [-0.4, -0.2) is 40.8 Å². The summed E-state index contributed by atoms with van der Waals surface area (Å²) in [5.74, 6) is 0.803. The molecule has 0 saturated heterocycles. The lowest BCUT2D eigenvalue weighted by Crippen LogP contribution is -2.39. The number of hydrogen-bond donors (Lipinski definition) is 3. The molecule has 4 N–H and O–H groups in total. The highest BCUT2D eigenvalue weighted by atomic mass is 32.2. The van der Waals surface area contributed by atoms with Crippen LogP contribution in [0, 0.1) is 6.92 Å². The van der Waals surface area contributed by atoms with Gasteiger partial charge in [0.05, 0.1) is 10.6 Å². The van der Waals surface area contributed by atoms with Gasteiger partial charge in [-0.25, -0.2) is 4.98 Å². The van der Waals surface area contributed by atoms with Gasteiger partial charge in [-0.1, -0.05) is 0 Å². The Bertz CT molecular complexity index is 754. The van der Waals surface area contributed by atoms with Crippen molar-refractivity contribution < 1.29 is 4.79 Å². The zero-order chi connectivity index (χ0) is 16.4. The van der Waals surface area contributed by atoms with Crippen LogP contribution in [0.2, 0.25) is 0 Å². The molecule has 6 nitrogen and oxygen atoms in total. The Morgan fingerprint density at radius 1 is 1.61 bits per heavy atom. The first-order valence-corrected chi connectivity index (χ1v) is 8.63. The summed E-state index contributed by atoms with van der Waals surface area (Å²) < 4.78 is 0. The highest BCUT2D eigenvalue weighted by Crippen LogP contribution is 2.32. The predicted octanol–water partition coefficient (Wildman–Crippen LogP) is 1.73. The molecule has 0 radical (unpaired) electrons. The Morgan fingerprint density at radius 3 is 3.22 bits per heavy atom. The highest BCUT2D eigenvalue weighted by Gasteiger charge is 2.21. The molecule has 0 saturated carbocycles. The molecule has 2 aromatic heterocycles. The fourth-order valence-electron chi connectivity index (χ4n) is 2.60. The van der Waals surface area contributed by atoms with E-state index in [4.69, 9.17) is 5.73 Å². The Balaban J connectivity index is 1.91. The number of aryl methyl sites for hydroxylation is 1. The van der Waals surface area contributed by atoms with E-state index >= 15 is 0 Å². The Morgan fingerprint density at radius 2 is 2.43 bits per heavy atom. The zero-order valence-electron chi connectivity index (χ0n) is 13.3. The number of nitrogens with two attached hydrogens (primary N) is 1. The van der Waals surface area contributed by atoms with Crippen LogP contribution >= 0.6 is 11.8 Å². The first-order chi connectivity index (χ1) is 11.1. The molecule has 0 bridgehead atoms. The van der Waals surface area contributed by atoms with Crippen molar-refractivity contribution in [1.29, 1.82) is 0 Å². The molecule has 0 unspecified atom stereocenters. The zero-order valence-corrected chi connectivity index (χ0v) is 14.1. The van der Waals surface area contributed by atoms with Crippen LogP contribution in [0.5, 0.6) is 0 Å². The maximum atomic E-state index is 12.3. The van der Waals surface area contributed by atoms with Gasteiger partial charge in [-0.3, -0.25) is 4.79 Å². The summed E-state index contributed by atoms with van der Waals surface area (Å²) in [4.78, 5) is 22.7. The quantitative estimate of drug-likeness (QED) is 0.794. The van der Waals surface area contributed by atoms with E-state index in [0.717, 1.165) is 39.5 Å². The molecule has 1 aliphatic rings. The summed E-state index contributed by atoms with van der Waals surface area (Å²) in [5.41, 5.74) is 8.67. The van der Waals surface area contributed by atoms with Crippen molar-refractivity contribution >= 4 is 34.4 Å². The number of amides is 1. The van der Waals surface area contributed by atoms with Crippen molar-refractivity contribution in [2.45, 2.75) is 19.9 Å². The molecule has 2 aromatic rings. The van der Waals surface area contributed by atoms with Gasteiger partial charge in [-0.2, -0.15) is 0 Å². The van der Waals surface area contributed by atoms with Crippen LogP contribution in [0.25, 0.3) is 11.0 Å². The van der Waals surface area contributed by atoms with E-state index in [9.17, 15) is 4.79 Å².